The maximum Gasteiger partial charge on any atom is 0.248 e. The SMILES string of the molecule is Cn1cc(-c2cc(-c3ccc(N4CCN(C(=O)C5CCC(F)(F)CC5)CC4)nc3)c3c(C#N)cnn3c2)cn1. The van der Waals surface area contributed by atoms with Gasteiger partial charge in [0.2, 0.25) is 11.8 Å². The number of halogens is 2. The largest absolute Gasteiger partial charge is 0.353 e. The van der Waals surface area contributed by atoms with Crippen molar-refractivity contribution in [2.24, 2.45) is 13.0 Å². The van der Waals surface area contributed by atoms with Crippen molar-refractivity contribution < 1.29 is 13.6 Å². The number of nitriles is 1. The van der Waals surface area contributed by atoms with Gasteiger partial charge in [0.05, 0.1) is 23.5 Å². The fraction of sp³-hybridized carbons (Fsp3) is 0.393. The second kappa shape index (κ2) is 9.76. The van der Waals surface area contributed by atoms with Gasteiger partial charge in [-0.05, 0) is 31.0 Å². The highest BCUT2D eigenvalue weighted by Gasteiger charge is 2.39. The number of alkyl halides is 2. The minimum Gasteiger partial charge on any atom is -0.353 e. The number of rotatable bonds is 4. The first kappa shape index (κ1) is 25.0. The monoisotopic (exact) mass is 530 g/mol. The molecule has 200 valence electrons. The van der Waals surface area contributed by atoms with Gasteiger partial charge in [-0.3, -0.25) is 9.48 Å². The molecule has 0 bridgehead atoms. The van der Waals surface area contributed by atoms with Crippen molar-refractivity contribution in [3.8, 4) is 28.3 Å². The molecule has 6 rings (SSSR count). The minimum absolute atomic E-state index is 0.0000707. The van der Waals surface area contributed by atoms with Gasteiger partial charge in [0.15, 0.2) is 0 Å². The molecular formula is C28H28F2N8O. The highest BCUT2D eigenvalue weighted by Crippen LogP contribution is 2.37. The molecule has 5 heterocycles. The van der Waals surface area contributed by atoms with E-state index >= 15 is 0 Å². The van der Waals surface area contributed by atoms with E-state index in [4.69, 9.17) is 4.98 Å². The lowest BCUT2D eigenvalue weighted by Gasteiger charge is -2.38. The molecule has 0 N–H and O–H groups in total. The molecule has 1 saturated heterocycles. The number of hydrogen-bond acceptors (Lipinski definition) is 6. The van der Waals surface area contributed by atoms with Gasteiger partial charge in [-0.15, -0.1) is 0 Å². The molecule has 4 aromatic rings. The lowest BCUT2D eigenvalue weighted by atomic mass is 9.86. The highest BCUT2D eigenvalue weighted by atomic mass is 19.3. The molecule has 0 spiro atoms. The van der Waals surface area contributed by atoms with Crippen LogP contribution in [-0.2, 0) is 11.8 Å². The molecule has 1 saturated carbocycles. The predicted octanol–water partition coefficient (Wildman–Crippen LogP) is 4.14. The van der Waals surface area contributed by atoms with Crippen molar-refractivity contribution in [3.63, 3.8) is 0 Å². The maximum absolute atomic E-state index is 13.5. The molecule has 11 heteroatoms. The lowest BCUT2D eigenvalue weighted by molar-refractivity contribution is -0.140. The van der Waals surface area contributed by atoms with Crippen LogP contribution in [0.15, 0.2) is 49.2 Å². The van der Waals surface area contributed by atoms with Gasteiger partial charge in [0, 0.05) is 92.8 Å². The van der Waals surface area contributed by atoms with E-state index in [1.54, 1.807) is 27.8 Å². The number of aryl methyl sites for hydroxylation is 1. The van der Waals surface area contributed by atoms with Crippen LogP contribution >= 0.6 is 0 Å². The third-order valence-corrected chi connectivity index (χ3v) is 7.81. The number of amides is 1. The van der Waals surface area contributed by atoms with E-state index in [0.717, 1.165) is 28.1 Å². The topological polar surface area (TPSA) is 95.3 Å². The summed E-state index contributed by atoms with van der Waals surface area (Å²) >= 11 is 0. The van der Waals surface area contributed by atoms with E-state index in [-0.39, 0.29) is 37.5 Å². The van der Waals surface area contributed by atoms with Crippen LogP contribution in [0.2, 0.25) is 0 Å². The van der Waals surface area contributed by atoms with E-state index in [9.17, 15) is 18.8 Å². The average Bonchev–Trinajstić information content (AvgIpc) is 3.58. The molecule has 0 atom stereocenters. The van der Waals surface area contributed by atoms with Gasteiger partial charge < -0.3 is 9.80 Å². The molecule has 4 aromatic heterocycles. The molecule has 2 aliphatic rings. The Morgan fingerprint density at radius 3 is 2.41 bits per heavy atom. The van der Waals surface area contributed by atoms with Crippen molar-refractivity contribution in [2.45, 2.75) is 31.6 Å². The summed E-state index contributed by atoms with van der Waals surface area (Å²) < 4.78 is 30.4. The molecule has 1 aliphatic heterocycles. The van der Waals surface area contributed by atoms with Crippen LogP contribution in [0.25, 0.3) is 27.8 Å². The van der Waals surface area contributed by atoms with Gasteiger partial charge in [0.1, 0.15) is 11.9 Å². The molecule has 1 amide bonds. The first-order chi connectivity index (χ1) is 18.8. The second-order valence-electron chi connectivity index (χ2n) is 10.4. The number of carbonyl (C=O) groups is 1. The van der Waals surface area contributed by atoms with Crippen LogP contribution in [0.3, 0.4) is 0 Å². The van der Waals surface area contributed by atoms with Crippen molar-refractivity contribution in [3.05, 3.63) is 54.7 Å². The van der Waals surface area contributed by atoms with Crippen molar-refractivity contribution in [1.82, 2.24) is 29.3 Å². The van der Waals surface area contributed by atoms with Crippen molar-refractivity contribution in [1.29, 1.82) is 5.26 Å². The molecule has 0 radical (unpaired) electrons. The molecular weight excluding hydrogens is 502 g/mol. The predicted molar refractivity (Wildman–Crippen MR) is 141 cm³/mol. The molecule has 1 aliphatic carbocycles. The van der Waals surface area contributed by atoms with E-state index < -0.39 is 5.92 Å². The summed E-state index contributed by atoms with van der Waals surface area (Å²) in [7, 11) is 1.86. The Labute approximate surface area is 224 Å². The summed E-state index contributed by atoms with van der Waals surface area (Å²) in [5.74, 6) is -2.13. The summed E-state index contributed by atoms with van der Waals surface area (Å²) in [4.78, 5) is 21.5. The maximum atomic E-state index is 13.5. The van der Waals surface area contributed by atoms with Crippen LogP contribution in [0, 0.1) is 17.2 Å². The van der Waals surface area contributed by atoms with E-state index in [1.165, 1.54) is 0 Å². The number of anilines is 1. The first-order valence-electron chi connectivity index (χ1n) is 13.1. The average molecular weight is 531 g/mol. The van der Waals surface area contributed by atoms with Crippen LogP contribution in [0.5, 0.6) is 0 Å². The quantitative estimate of drug-likeness (QED) is 0.394. The molecule has 0 aromatic carbocycles. The van der Waals surface area contributed by atoms with Gasteiger partial charge in [-0.25, -0.2) is 18.3 Å². The summed E-state index contributed by atoms with van der Waals surface area (Å²) in [6.07, 6.45) is 9.07. The number of piperazine rings is 1. The second-order valence-corrected chi connectivity index (χ2v) is 10.4. The summed E-state index contributed by atoms with van der Waals surface area (Å²) in [6.45, 7) is 2.35. The fourth-order valence-corrected chi connectivity index (χ4v) is 5.59. The summed E-state index contributed by atoms with van der Waals surface area (Å²) in [5.41, 5.74) is 4.76. The number of nitrogens with zero attached hydrogens (tertiary/aromatic N) is 8. The van der Waals surface area contributed by atoms with E-state index in [1.807, 2.05) is 42.5 Å². The Morgan fingerprint density at radius 1 is 1.00 bits per heavy atom. The number of pyridine rings is 2. The third kappa shape index (κ3) is 4.82. The zero-order chi connectivity index (χ0) is 27.1. The Bertz CT molecular complexity index is 1550. The Kier molecular flexibility index (Phi) is 6.25. The standard InChI is InChI=1S/C28H28F2N8O/c1-35-17-23(16-33-35)21-12-24(26-22(13-31)15-34-38(26)18-21)20-2-3-25(32-14-20)36-8-10-37(11-9-36)27(39)19-4-6-28(29,30)7-5-19/h2-3,12,14-19H,4-11H2,1H3. The van der Waals surface area contributed by atoms with Crippen LogP contribution in [-0.4, -0.2) is 67.3 Å². The summed E-state index contributed by atoms with van der Waals surface area (Å²) in [6, 6.07) is 8.19. The third-order valence-electron chi connectivity index (χ3n) is 7.81. The van der Waals surface area contributed by atoms with Crippen molar-refractivity contribution >= 4 is 17.2 Å². The number of fused-ring (bicyclic) bond motifs is 1. The zero-order valence-corrected chi connectivity index (χ0v) is 21.6. The molecule has 9 nitrogen and oxygen atoms in total. The first-order valence-corrected chi connectivity index (χ1v) is 13.1. The van der Waals surface area contributed by atoms with Crippen LogP contribution in [0.1, 0.15) is 31.2 Å². The van der Waals surface area contributed by atoms with Gasteiger partial charge in [0.25, 0.3) is 0 Å². The Morgan fingerprint density at radius 2 is 1.77 bits per heavy atom. The fourth-order valence-electron chi connectivity index (χ4n) is 5.59. The Hall–Kier alpha value is -4.33. The van der Waals surface area contributed by atoms with Gasteiger partial charge in [-0.1, -0.05) is 0 Å². The van der Waals surface area contributed by atoms with E-state index in [0.29, 0.717) is 37.3 Å². The van der Waals surface area contributed by atoms with Gasteiger partial charge >= 0.3 is 0 Å². The number of aromatic nitrogens is 5. The summed E-state index contributed by atoms with van der Waals surface area (Å²) in [5, 5.41) is 18.3. The molecule has 0 unspecified atom stereocenters. The molecule has 39 heavy (non-hydrogen) atoms. The van der Waals surface area contributed by atoms with Crippen LogP contribution < -0.4 is 4.90 Å². The van der Waals surface area contributed by atoms with Crippen LogP contribution in [0.4, 0.5) is 14.6 Å². The number of carbonyl (C=O) groups excluding carboxylic acids is 1. The van der Waals surface area contributed by atoms with Gasteiger partial charge in [-0.2, -0.15) is 15.5 Å². The smallest absolute Gasteiger partial charge is 0.248 e. The zero-order valence-electron chi connectivity index (χ0n) is 21.6. The van der Waals surface area contributed by atoms with Crippen molar-refractivity contribution in [2.75, 3.05) is 31.1 Å². The lowest BCUT2D eigenvalue weighted by Crippen LogP contribution is -2.51. The normalized spacial score (nSPS) is 17.9. The molecule has 2 fully saturated rings. The van der Waals surface area contributed by atoms with E-state index in [2.05, 4.69) is 21.2 Å². The number of hydrogen-bond donors (Lipinski definition) is 0. The Balaban J connectivity index is 1.19. The minimum atomic E-state index is -2.63. The highest BCUT2D eigenvalue weighted by molar-refractivity contribution is 5.87.